The number of ether oxygens (including phenoxy) is 1. The van der Waals surface area contributed by atoms with Gasteiger partial charge in [0.1, 0.15) is 5.60 Å². The highest BCUT2D eigenvalue weighted by Gasteiger charge is 2.27. The molecule has 1 aliphatic heterocycles. The third-order valence-corrected chi connectivity index (χ3v) is 4.52. The van der Waals surface area contributed by atoms with E-state index < -0.39 is 5.60 Å². The summed E-state index contributed by atoms with van der Waals surface area (Å²) in [7, 11) is 0. The average molecular weight is 494 g/mol. The van der Waals surface area contributed by atoms with E-state index >= 15 is 0 Å². The standard InChI is InChI=1S/C18H30N4O2S.HI/c1-5-19-16(20-9-6-14-8-11-25-13-14)22-10-7-15(12-22)21-17(23)24-18(2,3)4;/h8,11,13,15H,5-7,9-10,12H2,1-4H3,(H,19,20)(H,21,23);1H/t15-;/m1./s1. The van der Waals surface area contributed by atoms with E-state index in [2.05, 4.69) is 39.3 Å². The molecular formula is C18H31IN4O2S. The maximum atomic E-state index is 11.9. The van der Waals surface area contributed by atoms with Crippen LogP contribution >= 0.6 is 35.3 Å². The van der Waals surface area contributed by atoms with E-state index in [0.717, 1.165) is 45.0 Å². The summed E-state index contributed by atoms with van der Waals surface area (Å²) in [5.74, 6) is 0.922. The largest absolute Gasteiger partial charge is 0.444 e. The van der Waals surface area contributed by atoms with Crippen molar-refractivity contribution >= 4 is 47.4 Å². The van der Waals surface area contributed by atoms with Crippen molar-refractivity contribution in [3.8, 4) is 0 Å². The minimum Gasteiger partial charge on any atom is -0.444 e. The van der Waals surface area contributed by atoms with E-state index in [-0.39, 0.29) is 36.1 Å². The summed E-state index contributed by atoms with van der Waals surface area (Å²) in [6.45, 7) is 10.9. The minimum absolute atomic E-state index is 0. The highest BCUT2D eigenvalue weighted by atomic mass is 127. The predicted octanol–water partition coefficient (Wildman–Crippen LogP) is 3.47. The monoisotopic (exact) mass is 494 g/mol. The number of thiophene rings is 1. The van der Waals surface area contributed by atoms with E-state index in [0.29, 0.717) is 0 Å². The van der Waals surface area contributed by atoms with E-state index in [1.165, 1.54) is 5.56 Å². The van der Waals surface area contributed by atoms with Crippen molar-refractivity contribution in [2.75, 3.05) is 26.2 Å². The van der Waals surface area contributed by atoms with Crippen molar-refractivity contribution in [3.63, 3.8) is 0 Å². The fourth-order valence-electron chi connectivity index (χ4n) is 2.70. The number of likely N-dealkylation sites (tertiary alicyclic amines) is 1. The lowest BCUT2D eigenvalue weighted by Gasteiger charge is -2.23. The molecule has 26 heavy (non-hydrogen) atoms. The number of hydrogen-bond donors (Lipinski definition) is 2. The molecule has 1 aromatic rings. The van der Waals surface area contributed by atoms with Crippen LogP contribution in [0, 0.1) is 0 Å². The molecule has 1 atom stereocenters. The van der Waals surface area contributed by atoms with E-state index in [1.807, 2.05) is 20.8 Å². The van der Waals surface area contributed by atoms with Crippen LogP contribution in [0.25, 0.3) is 0 Å². The first-order valence-corrected chi connectivity index (χ1v) is 9.85. The Morgan fingerprint density at radius 1 is 1.46 bits per heavy atom. The number of amides is 1. The van der Waals surface area contributed by atoms with Crippen molar-refractivity contribution in [2.45, 2.75) is 52.2 Å². The summed E-state index contributed by atoms with van der Waals surface area (Å²) in [5.41, 5.74) is 0.857. The number of nitrogens with one attached hydrogen (secondary N) is 2. The first kappa shape index (κ1) is 23.0. The molecule has 6 nitrogen and oxygen atoms in total. The average Bonchev–Trinajstić information content (AvgIpc) is 3.16. The van der Waals surface area contributed by atoms with Gasteiger partial charge in [-0.05, 0) is 62.9 Å². The maximum Gasteiger partial charge on any atom is 0.407 e. The molecule has 8 heteroatoms. The molecule has 148 valence electrons. The van der Waals surface area contributed by atoms with Gasteiger partial charge >= 0.3 is 6.09 Å². The van der Waals surface area contributed by atoms with Gasteiger partial charge in [-0.2, -0.15) is 11.3 Å². The summed E-state index contributed by atoms with van der Waals surface area (Å²) in [6.07, 6.45) is 1.50. The zero-order valence-electron chi connectivity index (χ0n) is 16.1. The lowest BCUT2D eigenvalue weighted by atomic mass is 10.2. The van der Waals surface area contributed by atoms with Crippen LogP contribution in [0.15, 0.2) is 21.8 Å². The van der Waals surface area contributed by atoms with E-state index in [1.54, 1.807) is 11.3 Å². The highest BCUT2D eigenvalue weighted by Crippen LogP contribution is 2.12. The molecule has 0 aromatic carbocycles. The second-order valence-corrected chi connectivity index (χ2v) is 7.98. The van der Waals surface area contributed by atoms with Crippen LogP contribution in [0.3, 0.4) is 0 Å². The summed E-state index contributed by atoms with van der Waals surface area (Å²) in [5, 5.41) is 10.6. The number of halogens is 1. The van der Waals surface area contributed by atoms with Gasteiger partial charge < -0.3 is 20.3 Å². The summed E-state index contributed by atoms with van der Waals surface area (Å²) in [6, 6.07) is 2.24. The number of aliphatic imine (C=N–C) groups is 1. The number of alkyl carbamates (subject to hydrolysis) is 1. The molecule has 1 aliphatic rings. The fourth-order valence-corrected chi connectivity index (χ4v) is 3.40. The zero-order valence-corrected chi connectivity index (χ0v) is 19.2. The normalized spacial score (nSPS) is 17.6. The third kappa shape index (κ3) is 8.11. The molecule has 1 fully saturated rings. The van der Waals surface area contributed by atoms with Crippen molar-refractivity contribution < 1.29 is 9.53 Å². The Bertz CT molecular complexity index is 572. The zero-order chi connectivity index (χ0) is 18.3. The second-order valence-electron chi connectivity index (χ2n) is 7.20. The minimum atomic E-state index is -0.472. The molecule has 2 N–H and O–H groups in total. The number of hydrogen-bond acceptors (Lipinski definition) is 4. The van der Waals surface area contributed by atoms with Gasteiger partial charge in [-0.15, -0.1) is 24.0 Å². The van der Waals surface area contributed by atoms with Crippen LogP contribution in [0.4, 0.5) is 4.79 Å². The van der Waals surface area contributed by atoms with Gasteiger partial charge in [0.05, 0.1) is 6.04 Å². The molecule has 0 saturated carbocycles. The summed E-state index contributed by atoms with van der Waals surface area (Å²) in [4.78, 5) is 18.9. The number of guanidine groups is 1. The van der Waals surface area contributed by atoms with Crippen LogP contribution in [0.2, 0.25) is 0 Å². The van der Waals surface area contributed by atoms with Gasteiger partial charge in [0.15, 0.2) is 5.96 Å². The SMILES string of the molecule is CCNC(=NCCc1ccsc1)N1CC[C@@H](NC(=O)OC(C)(C)C)C1.I. The van der Waals surface area contributed by atoms with Crippen LogP contribution < -0.4 is 10.6 Å². The Morgan fingerprint density at radius 2 is 2.23 bits per heavy atom. The lowest BCUT2D eigenvalue weighted by Crippen LogP contribution is -2.44. The maximum absolute atomic E-state index is 11.9. The highest BCUT2D eigenvalue weighted by molar-refractivity contribution is 14.0. The molecular weight excluding hydrogens is 463 g/mol. The molecule has 0 spiro atoms. The first-order valence-electron chi connectivity index (χ1n) is 8.91. The Hall–Kier alpha value is -1.03. The Morgan fingerprint density at radius 3 is 2.85 bits per heavy atom. The summed E-state index contributed by atoms with van der Waals surface area (Å²) < 4.78 is 5.34. The topological polar surface area (TPSA) is 66.0 Å². The van der Waals surface area contributed by atoms with Gasteiger partial charge in [-0.1, -0.05) is 0 Å². The molecule has 0 aliphatic carbocycles. The Labute approximate surface area is 177 Å². The van der Waals surface area contributed by atoms with E-state index in [9.17, 15) is 4.79 Å². The van der Waals surface area contributed by atoms with Gasteiger partial charge in [-0.3, -0.25) is 4.99 Å². The first-order chi connectivity index (χ1) is 11.9. The van der Waals surface area contributed by atoms with E-state index in [4.69, 9.17) is 9.73 Å². The van der Waals surface area contributed by atoms with Gasteiger partial charge in [0.2, 0.25) is 0 Å². The van der Waals surface area contributed by atoms with Gasteiger partial charge in [0.25, 0.3) is 0 Å². The Balaban J connectivity index is 0.00000338. The quantitative estimate of drug-likeness (QED) is 0.374. The van der Waals surface area contributed by atoms with Crippen molar-refractivity contribution in [3.05, 3.63) is 22.4 Å². The van der Waals surface area contributed by atoms with Crippen molar-refractivity contribution in [1.82, 2.24) is 15.5 Å². The third-order valence-electron chi connectivity index (χ3n) is 3.79. The Kier molecular flexibility index (Phi) is 9.70. The fraction of sp³-hybridized carbons (Fsp3) is 0.667. The molecule has 1 aromatic heterocycles. The molecule has 2 heterocycles. The van der Waals surface area contributed by atoms with Crippen LogP contribution in [-0.4, -0.2) is 54.8 Å². The van der Waals surface area contributed by atoms with Crippen molar-refractivity contribution in [2.24, 2.45) is 4.99 Å². The number of carbonyl (C=O) groups excluding carboxylic acids is 1. The molecule has 2 rings (SSSR count). The molecule has 0 unspecified atom stereocenters. The lowest BCUT2D eigenvalue weighted by molar-refractivity contribution is 0.0507. The van der Waals surface area contributed by atoms with Crippen LogP contribution in [-0.2, 0) is 11.2 Å². The number of rotatable bonds is 5. The molecule has 1 saturated heterocycles. The molecule has 0 bridgehead atoms. The number of nitrogens with zero attached hydrogens (tertiary/aromatic N) is 2. The van der Waals surface area contributed by atoms with Crippen LogP contribution in [0.1, 0.15) is 39.7 Å². The van der Waals surface area contributed by atoms with Crippen LogP contribution in [0.5, 0.6) is 0 Å². The van der Waals surface area contributed by atoms with Crippen molar-refractivity contribution in [1.29, 1.82) is 0 Å². The van der Waals surface area contributed by atoms with Gasteiger partial charge in [0, 0.05) is 26.2 Å². The number of carbonyl (C=O) groups is 1. The smallest absolute Gasteiger partial charge is 0.407 e. The second kappa shape index (κ2) is 11.0. The van der Waals surface area contributed by atoms with Gasteiger partial charge in [-0.25, -0.2) is 4.79 Å². The summed E-state index contributed by atoms with van der Waals surface area (Å²) >= 11 is 1.72. The molecule has 1 amide bonds. The predicted molar refractivity (Wildman–Crippen MR) is 119 cm³/mol. The molecule has 0 radical (unpaired) electrons.